The predicted molar refractivity (Wildman–Crippen MR) is 77.6 cm³/mol. The summed E-state index contributed by atoms with van der Waals surface area (Å²) in [6, 6.07) is 0.283. The van der Waals surface area contributed by atoms with E-state index < -0.39 is 0 Å². The Morgan fingerprint density at radius 3 is 2.89 bits per heavy atom. The van der Waals surface area contributed by atoms with Gasteiger partial charge in [-0.1, -0.05) is 12.8 Å². The fourth-order valence-electron chi connectivity index (χ4n) is 3.69. The molecule has 3 rings (SSSR count). The molecule has 2 aliphatic carbocycles. The average molecular weight is 282 g/mol. The van der Waals surface area contributed by atoms with Crippen molar-refractivity contribution in [1.82, 2.24) is 5.32 Å². The third-order valence-corrected chi connectivity index (χ3v) is 6.11. The molecule has 0 aromatic carbocycles. The number of hydrogen-bond acceptors (Lipinski definition) is 4. The van der Waals surface area contributed by atoms with E-state index in [1.807, 2.05) is 11.8 Å². The number of rotatable bonds is 2. The first-order chi connectivity index (χ1) is 9.24. The quantitative estimate of drug-likeness (QED) is 0.623. The fraction of sp³-hybridized carbons (Fsp3) is 0.857. The molecule has 2 fully saturated rings. The van der Waals surface area contributed by atoms with Crippen molar-refractivity contribution in [1.29, 1.82) is 0 Å². The molecule has 0 amide bonds. The minimum absolute atomic E-state index is 0.0773. The van der Waals surface area contributed by atoms with Crippen LogP contribution in [-0.4, -0.2) is 22.3 Å². The summed E-state index contributed by atoms with van der Waals surface area (Å²) in [4.78, 5) is 10.9. The van der Waals surface area contributed by atoms with Crippen LogP contribution >= 0.6 is 11.8 Å². The summed E-state index contributed by atoms with van der Waals surface area (Å²) in [5.41, 5.74) is 1.29. The van der Waals surface area contributed by atoms with E-state index in [0.717, 1.165) is 30.9 Å². The number of hydrogen-bond donors (Lipinski definition) is 1. The summed E-state index contributed by atoms with van der Waals surface area (Å²) in [5.74, 6) is 0.388. The maximum absolute atomic E-state index is 11.0. The third kappa shape index (κ3) is 2.91. The Hall–Kier alpha value is -0.710. The summed E-state index contributed by atoms with van der Waals surface area (Å²) < 4.78 is 0. The van der Waals surface area contributed by atoms with Gasteiger partial charge in [-0.25, -0.2) is 0 Å². The van der Waals surface area contributed by atoms with Crippen molar-refractivity contribution in [3.63, 3.8) is 0 Å². The van der Waals surface area contributed by atoms with E-state index in [0.29, 0.717) is 12.0 Å². The Labute approximate surface area is 118 Å². The van der Waals surface area contributed by atoms with Gasteiger partial charge in [-0.3, -0.25) is 10.1 Å². The minimum Gasteiger partial charge on any atom is -0.384 e. The zero-order valence-electron chi connectivity index (χ0n) is 11.2. The molecule has 19 heavy (non-hydrogen) atoms. The van der Waals surface area contributed by atoms with Gasteiger partial charge in [-0.05, 0) is 31.1 Å². The van der Waals surface area contributed by atoms with Crippen LogP contribution in [0, 0.1) is 16.0 Å². The molecular weight excluding hydrogens is 260 g/mol. The molecule has 1 N–H and O–H groups in total. The van der Waals surface area contributed by atoms with Crippen LogP contribution in [0.1, 0.15) is 51.4 Å². The molecular formula is C14H22N2O2S. The summed E-state index contributed by atoms with van der Waals surface area (Å²) in [6.07, 6.45) is 8.85. The highest BCUT2D eigenvalue weighted by atomic mass is 32.2. The SMILES string of the molecule is O=[N+]([O-])[C@H]1CCC[C@@H](C2=CS[C@@H]3CCCC[C@@H]3N2)C1. The van der Waals surface area contributed by atoms with Crippen LogP contribution in [0.5, 0.6) is 0 Å². The van der Waals surface area contributed by atoms with Crippen molar-refractivity contribution in [3.8, 4) is 0 Å². The second kappa shape index (κ2) is 5.73. The van der Waals surface area contributed by atoms with Gasteiger partial charge in [0, 0.05) is 40.7 Å². The molecule has 5 heteroatoms. The molecule has 2 saturated carbocycles. The maximum Gasteiger partial charge on any atom is 0.213 e. The van der Waals surface area contributed by atoms with Gasteiger partial charge in [0.25, 0.3) is 0 Å². The van der Waals surface area contributed by atoms with Crippen molar-refractivity contribution in [2.24, 2.45) is 5.92 Å². The number of thioether (sulfide) groups is 1. The minimum atomic E-state index is -0.324. The van der Waals surface area contributed by atoms with Gasteiger partial charge in [0.2, 0.25) is 6.04 Å². The van der Waals surface area contributed by atoms with Gasteiger partial charge in [0.15, 0.2) is 0 Å². The van der Waals surface area contributed by atoms with E-state index in [2.05, 4.69) is 10.7 Å². The van der Waals surface area contributed by atoms with Crippen LogP contribution in [0.3, 0.4) is 0 Å². The second-order valence-electron chi connectivity index (χ2n) is 6.09. The fourth-order valence-corrected chi connectivity index (χ4v) is 4.96. The Balaban J connectivity index is 1.65. The van der Waals surface area contributed by atoms with E-state index in [-0.39, 0.29) is 11.0 Å². The van der Waals surface area contributed by atoms with Gasteiger partial charge < -0.3 is 5.32 Å². The molecule has 1 heterocycles. The van der Waals surface area contributed by atoms with Crippen molar-refractivity contribution in [3.05, 3.63) is 21.2 Å². The molecule has 3 aliphatic rings. The maximum atomic E-state index is 11.0. The monoisotopic (exact) mass is 282 g/mol. The standard InChI is InChI=1S/C14H22N2O2S/c17-16(18)11-5-3-4-10(8-11)13-9-19-14-7-2-1-6-12(14)15-13/h9-12,14-15H,1-8H2/t10-,11+,12+,14-/m1/s1. The van der Waals surface area contributed by atoms with E-state index in [1.54, 1.807) is 0 Å². The summed E-state index contributed by atoms with van der Waals surface area (Å²) in [7, 11) is 0. The van der Waals surface area contributed by atoms with Gasteiger partial charge >= 0.3 is 0 Å². The van der Waals surface area contributed by atoms with Gasteiger partial charge in [0.05, 0.1) is 0 Å². The molecule has 0 unspecified atom stereocenters. The Morgan fingerprint density at radius 2 is 2.05 bits per heavy atom. The first-order valence-electron chi connectivity index (χ1n) is 7.49. The molecule has 106 valence electrons. The second-order valence-corrected chi connectivity index (χ2v) is 7.20. The first kappa shape index (κ1) is 13.3. The number of fused-ring (bicyclic) bond motifs is 1. The number of allylic oxidation sites excluding steroid dienone is 1. The Bertz CT molecular complexity index is 386. The van der Waals surface area contributed by atoms with Crippen LogP contribution in [-0.2, 0) is 0 Å². The van der Waals surface area contributed by atoms with E-state index >= 15 is 0 Å². The molecule has 0 aromatic rings. The zero-order chi connectivity index (χ0) is 13.2. The van der Waals surface area contributed by atoms with Crippen LogP contribution < -0.4 is 5.32 Å². The number of nitro groups is 1. The molecule has 4 atom stereocenters. The number of nitrogens with zero attached hydrogens (tertiary/aromatic N) is 1. The van der Waals surface area contributed by atoms with Crippen LogP contribution in [0.15, 0.2) is 11.1 Å². The average Bonchev–Trinajstić information content (AvgIpc) is 2.47. The van der Waals surface area contributed by atoms with Crippen molar-refractivity contribution in [2.75, 3.05) is 0 Å². The smallest absolute Gasteiger partial charge is 0.213 e. The lowest BCUT2D eigenvalue weighted by Crippen LogP contribution is -2.44. The molecule has 4 nitrogen and oxygen atoms in total. The Kier molecular flexibility index (Phi) is 4.01. The summed E-state index contributed by atoms with van der Waals surface area (Å²) in [6.45, 7) is 0. The molecule has 0 aromatic heterocycles. The van der Waals surface area contributed by atoms with Gasteiger partial charge in [-0.15, -0.1) is 11.8 Å². The predicted octanol–water partition coefficient (Wildman–Crippen LogP) is 3.31. The van der Waals surface area contributed by atoms with E-state index in [1.165, 1.54) is 31.4 Å². The highest BCUT2D eigenvalue weighted by Gasteiger charge is 2.35. The molecule has 0 bridgehead atoms. The molecule has 0 saturated heterocycles. The van der Waals surface area contributed by atoms with Crippen molar-refractivity contribution in [2.45, 2.75) is 68.7 Å². The highest BCUT2D eigenvalue weighted by molar-refractivity contribution is 8.02. The van der Waals surface area contributed by atoms with Crippen molar-refractivity contribution < 1.29 is 4.92 Å². The molecule has 0 radical (unpaired) electrons. The largest absolute Gasteiger partial charge is 0.384 e. The number of nitrogens with one attached hydrogen (secondary N) is 1. The topological polar surface area (TPSA) is 55.2 Å². The van der Waals surface area contributed by atoms with Gasteiger partial charge in [0.1, 0.15) is 0 Å². The summed E-state index contributed by atoms with van der Waals surface area (Å²) >= 11 is 1.96. The van der Waals surface area contributed by atoms with Crippen molar-refractivity contribution >= 4 is 11.8 Å². The van der Waals surface area contributed by atoms with Crippen LogP contribution in [0.2, 0.25) is 0 Å². The third-order valence-electron chi connectivity index (χ3n) is 4.81. The van der Waals surface area contributed by atoms with Crippen LogP contribution in [0.4, 0.5) is 0 Å². The van der Waals surface area contributed by atoms with E-state index in [9.17, 15) is 10.1 Å². The van der Waals surface area contributed by atoms with Crippen LogP contribution in [0.25, 0.3) is 0 Å². The van der Waals surface area contributed by atoms with Gasteiger partial charge in [-0.2, -0.15) is 0 Å². The lowest BCUT2D eigenvalue weighted by atomic mass is 9.83. The Morgan fingerprint density at radius 1 is 1.21 bits per heavy atom. The summed E-state index contributed by atoms with van der Waals surface area (Å²) in [5, 5.41) is 17.7. The van der Waals surface area contributed by atoms with E-state index in [4.69, 9.17) is 0 Å². The zero-order valence-corrected chi connectivity index (χ0v) is 12.0. The molecule has 1 aliphatic heterocycles. The normalized spacial score (nSPS) is 38.8. The lowest BCUT2D eigenvalue weighted by molar-refractivity contribution is -0.527. The lowest BCUT2D eigenvalue weighted by Gasteiger charge is -2.39. The molecule has 0 spiro atoms. The highest BCUT2D eigenvalue weighted by Crippen LogP contribution is 2.38. The first-order valence-corrected chi connectivity index (χ1v) is 8.44.